The van der Waals surface area contributed by atoms with Crippen molar-refractivity contribution in [3.05, 3.63) is 22.2 Å². The topological polar surface area (TPSA) is 30.5 Å². The third kappa shape index (κ3) is 4.13. The van der Waals surface area contributed by atoms with Crippen LogP contribution < -0.4 is 14.8 Å². The normalized spacial score (nSPS) is 13.9. The lowest BCUT2D eigenvalue weighted by molar-refractivity contribution is 0.286. The summed E-state index contributed by atoms with van der Waals surface area (Å²) in [6.07, 6.45) is 1.12. The molecular formula is C16H26BrNO2. The number of hydrogen-bond acceptors (Lipinski definition) is 3. The van der Waals surface area contributed by atoms with E-state index in [4.69, 9.17) is 9.47 Å². The van der Waals surface area contributed by atoms with Gasteiger partial charge in [0.15, 0.2) is 11.5 Å². The van der Waals surface area contributed by atoms with Crippen LogP contribution in [0.15, 0.2) is 16.6 Å². The van der Waals surface area contributed by atoms with Crippen LogP contribution in [0.3, 0.4) is 0 Å². The number of rotatable bonds is 8. The first-order valence-corrected chi connectivity index (χ1v) is 8.14. The lowest BCUT2D eigenvalue weighted by atomic mass is 9.92. The molecule has 2 unspecified atom stereocenters. The largest absolute Gasteiger partial charge is 0.490 e. The van der Waals surface area contributed by atoms with Crippen LogP contribution in [0.25, 0.3) is 0 Å². The molecule has 0 spiro atoms. The fourth-order valence-electron chi connectivity index (χ4n) is 2.31. The van der Waals surface area contributed by atoms with Crippen molar-refractivity contribution in [3.63, 3.8) is 0 Å². The highest BCUT2D eigenvalue weighted by Gasteiger charge is 2.21. The van der Waals surface area contributed by atoms with E-state index in [9.17, 15) is 0 Å². The van der Waals surface area contributed by atoms with Crippen molar-refractivity contribution in [1.82, 2.24) is 5.32 Å². The van der Waals surface area contributed by atoms with Crippen LogP contribution in [0, 0.1) is 5.92 Å². The Bertz CT molecular complexity index is 423. The van der Waals surface area contributed by atoms with Crippen molar-refractivity contribution in [1.29, 1.82) is 0 Å². The summed E-state index contributed by atoms with van der Waals surface area (Å²) in [4.78, 5) is 0. The molecular weight excluding hydrogens is 318 g/mol. The molecule has 0 aliphatic heterocycles. The molecule has 0 saturated carbocycles. The van der Waals surface area contributed by atoms with Gasteiger partial charge in [-0.25, -0.2) is 0 Å². The Hall–Kier alpha value is -0.740. The second-order valence-corrected chi connectivity index (χ2v) is 5.69. The highest BCUT2D eigenvalue weighted by molar-refractivity contribution is 9.10. The summed E-state index contributed by atoms with van der Waals surface area (Å²) in [6, 6.07) is 4.40. The molecule has 114 valence electrons. The summed E-state index contributed by atoms with van der Waals surface area (Å²) in [5, 5.41) is 3.40. The van der Waals surface area contributed by atoms with Gasteiger partial charge in [-0.1, -0.05) is 36.2 Å². The van der Waals surface area contributed by atoms with Crippen molar-refractivity contribution in [2.45, 2.75) is 40.2 Å². The summed E-state index contributed by atoms with van der Waals surface area (Å²) in [5.74, 6) is 2.16. The maximum absolute atomic E-state index is 5.72. The van der Waals surface area contributed by atoms with E-state index in [-0.39, 0.29) is 0 Å². The smallest absolute Gasteiger partial charge is 0.162 e. The minimum absolute atomic E-state index is 0.296. The zero-order chi connectivity index (χ0) is 15.1. The van der Waals surface area contributed by atoms with Gasteiger partial charge in [-0.2, -0.15) is 0 Å². The molecule has 0 heterocycles. The van der Waals surface area contributed by atoms with Gasteiger partial charge in [0.25, 0.3) is 0 Å². The molecule has 0 aliphatic rings. The molecule has 1 aromatic rings. The predicted octanol–water partition coefficient (Wildman–Crippen LogP) is 4.55. The minimum Gasteiger partial charge on any atom is -0.490 e. The SMILES string of the molecule is CCOc1cc(Br)c(C(NC)C(C)CC)cc1OCC. The average molecular weight is 344 g/mol. The van der Waals surface area contributed by atoms with Gasteiger partial charge in [-0.05, 0) is 44.5 Å². The number of benzene rings is 1. The van der Waals surface area contributed by atoms with Gasteiger partial charge in [0, 0.05) is 10.5 Å². The van der Waals surface area contributed by atoms with Crippen LogP contribution in [0.2, 0.25) is 0 Å². The van der Waals surface area contributed by atoms with E-state index < -0.39 is 0 Å². The zero-order valence-electron chi connectivity index (χ0n) is 13.1. The highest BCUT2D eigenvalue weighted by atomic mass is 79.9. The Labute approximate surface area is 131 Å². The molecule has 1 rings (SSSR count). The van der Waals surface area contributed by atoms with Crippen LogP contribution >= 0.6 is 15.9 Å². The van der Waals surface area contributed by atoms with E-state index >= 15 is 0 Å². The van der Waals surface area contributed by atoms with Gasteiger partial charge in [0.1, 0.15) is 0 Å². The van der Waals surface area contributed by atoms with E-state index in [0.29, 0.717) is 25.2 Å². The molecule has 0 saturated heterocycles. The van der Waals surface area contributed by atoms with E-state index in [2.05, 4.69) is 41.2 Å². The van der Waals surface area contributed by atoms with E-state index in [1.54, 1.807) is 0 Å². The second kappa shape index (κ2) is 8.53. The molecule has 0 bridgehead atoms. The Morgan fingerprint density at radius 2 is 1.65 bits per heavy atom. The average Bonchev–Trinajstić information content (AvgIpc) is 2.44. The van der Waals surface area contributed by atoms with Gasteiger partial charge in [0.05, 0.1) is 13.2 Å². The van der Waals surface area contributed by atoms with Crippen molar-refractivity contribution in [3.8, 4) is 11.5 Å². The van der Waals surface area contributed by atoms with Gasteiger partial charge < -0.3 is 14.8 Å². The van der Waals surface area contributed by atoms with Gasteiger partial charge in [0.2, 0.25) is 0 Å². The molecule has 4 heteroatoms. The molecule has 0 fully saturated rings. The van der Waals surface area contributed by atoms with Crippen molar-refractivity contribution in [2.75, 3.05) is 20.3 Å². The molecule has 0 aromatic heterocycles. The lowest BCUT2D eigenvalue weighted by Gasteiger charge is -2.25. The van der Waals surface area contributed by atoms with Crippen LogP contribution in [-0.4, -0.2) is 20.3 Å². The van der Waals surface area contributed by atoms with Gasteiger partial charge in [-0.15, -0.1) is 0 Å². The van der Waals surface area contributed by atoms with Crippen molar-refractivity contribution < 1.29 is 9.47 Å². The fourth-order valence-corrected chi connectivity index (χ4v) is 2.88. The fraction of sp³-hybridized carbons (Fsp3) is 0.625. The first-order chi connectivity index (χ1) is 9.58. The van der Waals surface area contributed by atoms with Crippen molar-refractivity contribution >= 4 is 15.9 Å². The number of nitrogens with one attached hydrogen (secondary N) is 1. The van der Waals surface area contributed by atoms with E-state index in [1.165, 1.54) is 5.56 Å². The molecule has 0 aliphatic carbocycles. The second-order valence-electron chi connectivity index (χ2n) is 4.84. The Morgan fingerprint density at radius 3 is 2.10 bits per heavy atom. The first-order valence-electron chi connectivity index (χ1n) is 7.35. The van der Waals surface area contributed by atoms with E-state index in [0.717, 1.165) is 22.4 Å². The van der Waals surface area contributed by atoms with Gasteiger partial charge >= 0.3 is 0 Å². The lowest BCUT2D eigenvalue weighted by Crippen LogP contribution is -2.23. The summed E-state index contributed by atoms with van der Waals surface area (Å²) < 4.78 is 12.4. The third-order valence-electron chi connectivity index (χ3n) is 3.52. The monoisotopic (exact) mass is 343 g/mol. The third-order valence-corrected chi connectivity index (χ3v) is 4.21. The quantitative estimate of drug-likeness (QED) is 0.750. The number of halogens is 1. The molecule has 0 amide bonds. The zero-order valence-corrected chi connectivity index (χ0v) is 14.7. The summed E-state index contributed by atoms with van der Waals surface area (Å²) >= 11 is 3.67. The number of ether oxygens (including phenoxy) is 2. The van der Waals surface area contributed by atoms with Gasteiger partial charge in [-0.3, -0.25) is 0 Å². The Morgan fingerprint density at radius 1 is 1.10 bits per heavy atom. The maximum Gasteiger partial charge on any atom is 0.162 e. The van der Waals surface area contributed by atoms with Crippen LogP contribution in [0.4, 0.5) is 0 Å². The molecule has 20 heavy (non-hydrogen) atoms. The standard InChI is InChI=1S/C16H26BrNO2/c1-6-11(4)16(18-5)12-9-14(19-7-2)15(20-8-3)10-13(12)17/h9-11,16,18H,6-8H2,1-5H3. The predicted molar refractivity (Wildman–Crippen MR) is 87.7 cm³/mol. The minimum atomic E-state index is 0.296. The number of hydrogen-bond donors (Lipinski definition) is 1. The Kier molecular flexibility index (Phi) is 7.38. The first kappa shape index (κ1) is 17.3. The van der Waals surface area contributed by atoms with Crippen LogP contribution in [0.1, 0.15) is 45.7 Å². The van der Waals surface area contributed by atoms with Crippen LogP contribution in [-0.2, 0) is 0 Å². The van der Waals surface area contributed by atoms with Crippen LogP contribution in [0.5, 0.6) is 11.5 Å². The molecule has 1 aromatic carbocycles. The molecule has 3 nitrogen and oxygen atoms in total. The highest BCUT2D eigenvalue weighted by Crippen LogP contribution is 2.38. The molecule has 2 atom stereocenters. The summed E-state index contributed by atoms with van der Waals surface area (Å²) in [6.45, 7) is 9.70. The Balaban J connectivity index is 3.22. The molecule has 1 N–H and O–H groups in total. The van der Waals surface area contributed by atoms with E-state index in [1.807, 2.05) is 27.0 Å². The van der Waals surface area contributed by atoms with Crippen molar-refractivity contribution in [2.24, 2.45) is 5.92 Å². The molecule has 0 radical (unpaired) electrons. The summed E-state index contributed by atoms with van der Waals surface area (Å²) in [7, 11) is 2.00. The maximum atomic E-state index is 5.72. The summed E-state index contributed by atoms with van der Waals surface area (Å²) in [5.41, 5.74) is 1.22.